The number of nitrogens with one attached hydrogen (secondary N) is 2. The summed E-state index contributed by atoms with van der Waals surface area (Å²) < 4.78 is 203. The molecule has 0 saturated heterocycles. The predicted octanol–water partition coefficient (Wildman–Crippen LogP) is 11.2. The molecule has 2 heterocycles. The van der Waals surface area contributed by atoms with Crippen LogP contribution in [0.1, 0.15) is 112 Å². The van der Waals surface area contributed by atoms with Crippen molar-refractivity contribution in [2.45, 2.75) is 123 Å². The van der Waals surface area contributed by atoms with Gasteiger partial charge in [0.1, 0.15) is 17.2 Å². The van der Waals surface area contributed by atoms with Crippen LogP contribution in [0.3, 0.4) is 0 Å². The van der Waals surface area contributed by atoms with Gasteiger partial charge < -0.3 is 40.6 Å². The fourth-order valence-corrected chi connectivity index (χ4v) is 12.3. The van der Waals surface area contributed by atoms with Crippen molar-refractivity contribution >= 4 is 74.2 Å². The third-order valence-corrected chi connectivity index (χ3v) is 18.1. The number of carbonyl (C=O) groups is 3. The van der Waals surface area contributed by atoms with Gasteiger partial charge in [0.2, 0.25) is 0 Å². The number of rotatable bonds is 25. The number of hydrogen-bond acceptors (Lipinski definition) is 15. The standard InChI is InChI=1S/C33H32F5N3O8S.C32H30F5N3O5.C6H11BrO2.C5H13N3.HI.Na.V.H/c1-19-27(21-13-9-16-26(48-5)28(21)35)29(42)40(30(43)39(19)17-22-23(33(36,37)38)14-10-15-24(22)34)18-25(20-11-7-6-8-12-20)41(50(45,46)47)31(44)49-32(2,3)4;1-19-28(21-11-6-14-26(45-2)29(21)34)30(43)40(18-25(20-9-4-3-5-10-20)38-16-8-15-27(41)42)31(44)39(19)17-22-23(32(35,36)37)12-7-13-24(22)33;1-2-9-6(8)4-3-5-7;1-7(2)5(6)8(3)4;;;;/h6-16,25H,17-18H2,1-5H3,(H,45,46,47);3-7,9-14,25,38H,8,15-18H2,1-2H3,(H,41,42);2-5H2,1H3;6H,1-4H3;1H;;;/q;;;;;+1;;-1/t2*25-;;;;;;/m00....../s1. The molecule has 0 fully saturated rings. The molecule has 623 valence electrons. The van der Waals surface area contributed by atoms with Crippen LogP contribution in [0.2, 0.25) is 0 Å². The summed E-state index contributed by atoms with van der Waals surface area (Å²) in [4.78, 5) is 94.8. The maximum Gasteiger partial charge on any atom is 1.00 e. The third-order valence-electron chi connectivity index (χ3n) is 16.6. The molecular weight excluding hydrogens is 1780 g/mol. The number of aromatic nitrogens is 4. The van der Waals surface area contributed by atoms with E-state index in [0.717, 1.165) is 65.3 Å². The van der Waals surface area contributed by atoms with Crippen molar-refractivity contribution in [2.75, 3.05) is 60.9 Å². The number of ether oxygens (including phenoxy) is 4. The summed E-state index contributed by atoms with van der Waals surface area (Å²) in [5.41, 5.74) is -12.1. The second kappa shape index (κ2) is 46.0. The number of esters is 1. The zero-order chi connectivity index (χ0) is 84.1. The summed E-state index contributed by atoms with van der Waals surface area (Å²) in [5.74, 6) is -5.75. The van der Waals surface area contributed by atoms with Crippen molar-refractivity contribution in [3.8, 4) is 33.8 Å². The first-order valence-corrected chi connectivity index (χ1v) is 36.6. The molecule has 1 radical (unpaired) electrons. The van der Waals surface area contributed by atoms with Crippen LogP contribution in [-0.2, 0) is 86.5 Å². The summed E-state index contributed by atoms with van der Waals surface area (Å²) in [6.07, 6.45) is -10.2. The van der Waals surface area contributed by atoms with Crippen LogP contribution in [0, 0.1) is 42.5 Å². The molecule has 4 N–H and O–H groups in total. The number of halogens is 12. The maximum absolute atomic E-state index is 15.7. The number of hydrogen-bond donors (Lipinski definition) is 4. The molecule has 6 aromatic carbocycles. The third kappa shape index (κ3) is 28.2. The molecule has 0 unspecified atom stereocenters. The number of carboxylic acids is 1. The largest absolute Gasteiger partial charge is 1.00 e. The van der Waals surface area contributed by atoms with E-state index in [1.54, 1.807) is 40.1 Å². The van der Waals surface area contributed by atoms with Crippen molar-refractivity contribution in [1.82, 2.24) is 37.7 Å². The van der Waals surface area contributed by atoms with Crippen molar-refractivity contribution < 1.29 is 145 Å². The molecule has 39 heteroatoms. The quantitative estimate of drug-likeness (QED) is 0.00476. The summed E-state index contributed by atoms with van der Waals surface area (Å²) in [7, 11) is 4.23. The predicted molar refractivity (Wildman–Crippen MR) is 418 cm³/mol. The van der Waals surface area contributed by atoms with Crippen LogP contribution in [0.4, 0.5) is 48.7 Å². The minimum absolute atomic E-state index is 0. The van der Waals surface area contributed by atoms with Crippen molar-refractivity contribution in [3.63, 3.8) is 0 Å². The fraction of sp³-hybridized carbons (Fsp3) is 0.368. The first kappa shape index (κ1) is 103. The molecule has 0 spiro atoms. The van der Waals surface area contributed by atoms with Gasteiger partial charge in [-0.2, -0.15) is 39.1 Å². The Hall–Kier alpha value is -8.28. The second-order valence-electron chi connectivity index (χ2n) is 26.0. The van der Waals surface area contributed by atoms with Gasteiger partial charge in [-0.15, -0.1) is 24.0 Å². The maximum atomic E-state index is 15.7. The normalized spacial score (nSPS) is 11.7. The van der Waals surface area contributed by atoms with E-state index in [0.29, 0.717) is 45.8 Å². The Kier molecular flexibility index (Phi) is 41.1. The Labute approximate surface area is 717 Å². The van der Waals surface area contributed by atoms with Gasteiger partial charge in [-0.1, -0.05) is 113 Å². The number of carbonyl (C=O) groups excluding carboxylic acids is 2. The molecule has 24 nitrogen and oxygen atoms in total. The van der Waals surface area contributed by atoms with Gasteiger partial charge in [-0.05, 0) is 108 Å². The Bertz CT molecular complexity index is 5000. The smallest absolute Gasteiger partial charge is 1.00 e. The first-order valence-electron chi connectivity index (χ1n) is 34.1. The van der Waals surface area contributed by atoms with Crippen LogP contribution in [0.15, 0.2) is 153 Å². The van der Waals surface area contributed by atoms with E-state index in [-0.39, 0.29) is 149 Å². The van der Waals surface area contributed by atoms with Gasteiger partial charge in [0.05, 0.1) is 81.3 Å². The number of alkyl halides is 7. The first-order chi connectivity index (χ1) is 52.4. The van der Waals surface area contributed by atoms with Gasteiger partial charge in [0.15, 0.2) is 29.1 Å². The molecule has 1 amide bonds. The van der Waals surface area contributed by atoms with Crippen LogP contribution in [-0.4, -0.2) is 141 Å². The van der Waals surface area contributed by atoms with E-state index < -0.39 is 151 Å². The van der Waals surface area contributed by atoms with Crippen LogP contribution in [0.25, 0.3) is 22.3 Å². The van der Waals surface area contributed by atoms with Crippen molar-refractivity contribution in [3.05, 3.63) is 243 Å². The molecule has 2 aromatic heterocycles. The number of guanidine groups is 1. The molecular formula is C76H88BrF10IN9NaO15SV. The van der Waals surface area contributed by atoms with E-state index in [2.05, 4.69) is 26.0 Å². The molecule has 8 rings (SSSR count). The Morgan fingerprint density at radius 2 is 1.03 bits per heavy atom. The van der Waals surface area contributed by atoms with Gasteiger partial charge >= 0.3 is 81.6 Å². The minimum atomic E-state index is -5.52. The number of amides is 1. The number of aliphatic carboxylic acids is 1. The molecule has 0 bridgehead atoms. The topological polar surface area (TPSA) is 296 Å². The molecule has 8 aromatic rings. The Morgan fingerprint density at radius 1 is 0.617 bits per heavy atom. The Morgan fingerprint density at radius 3 is 1.38 bits per heavy atom. The minimum Gasteiger partial charge on any atom is -1.00 e. The van der Waals surface area contributed by atoms with E-state index >= 15 is 13.2 Å². The summed E-state index contributed by atoms with van der Waals surface area (Å²) in [6.45, 7) is 5.64. The monoisotopic (exact) mass is 1870 g/mol. The molecule has 0 aliphatic heterocycles. The zero-order valence-electron chi connectivity index (χ0n) is 65.9. The molecule has 0 saturated carbocycles. The average Bonchev–Trinajstić information content (AvgIpc) is 0.751. The van der Waals surface area contributed by atoms with E-state index in [4.69, 9.17) is 24.7 Å². The Balaban J connectivity index is 0.000000939. The number of nitrogens with zero attached hydrogens (tertiary/aromatic N) is 7. The zero-order valence-corrected chi connectivity index (χ0v) is 73.0. The fourth-order valence-electron chi connectivity index (χ4n) is 11.3. The summed E-state index contributed by atoms with van der Waals surface area (Å²) >= 11 is 3.22. The van der Waals surface area contributed by atoms with Gasteiger partial charge in [-0.3, -0.25) is 47.4 Å². The number of methoxy groups -OCH3 is 2. The molecule has 0 aliphatic carbocycles. The number of benzene rings is 6. The van der Waals surface area contributed by atoms with Crippen molar-refractivity contribution in [1.29, 1.82) is 5.41 Å². The summed E-state index contributed by atoms with van der Waals surface area (Å²) in [6, 6.07) is 25.1. The molecule has 0 aliphatic rings. The second-order valence-corrected chi connectivity index (χ2v) is 28.0. The molecule has 2 atom stereocenters. The van der Waals surface area contributed by atoms with Crippen LogP contribution >= 0.6 is 39.9 Å². The average molecular weight is 1870 g/mol. The van der Waals surface area contributed by atoms with E-state index in [9.17, 15) is 77.3 Å². The number of carboxylic acid groups (broad SMARTS) is 1. The van der Waals surface area contributed by atoms with Crippen LogP contribution in [0.5, 0.6) is 11.5 Å². The van der Waals surface area contributed by atoms with E-state index in [1.807, 2.05) is 35.1 Å². The van der Waals surface area contributed by atoms with Gasteiger partial charge in [0.25, 0.3) is 11.1 Å². The SMILES string of the molecule is CCOC(=O)CCCBr.CN(C)C(=N)N(C)C.COc1cccc(-c2c(C)n(Cc3c(F)cccc3C(F)(F)F)c(=O)n(C[C@@H](c3ccccc3)N(C(=O)OC(C)(C)C)S(=O)(=O)O)c2=O)c1F.COc1cccc(-c2c(C)n(Cc3c(F)cccc3C(F)(F)F)c(=O)n(C[C@H](NCCCC(=O)O)c3ccccc3)c2=O)c1F.I.[H-].[Na+].[V]. The van der Waals surface area contributed by atoms with Crippen molar-refractivity contribution in [2.24, 2.45) is 0 Å². The van der Waals surface area contributed by atoms with E-state index in [1.165, 1.54) is 95.5 Å². The van der Waals surface area contributed by atoms with Crippen LogP contribution < -0.4 is 66.8 Å². The van der Waals surface area contributed by atoms with Gasteiger partial charge in [0, 0.05) is 98.6 Å². The van der Waals surface area contributed by atoms with Gasteiger partial charge in [-0.25, -0.2) is 31.9 Å². The molecule has 115 heavy (non-hydrogen) atoms. The summed E-state index contributed by atoms with van der Waals surface area (Å²) in [5, 5.41) is 20.3.